The van der Waals surface area contributed by atoms with Crippen molar-refractivity contribution in [3.63, 3.8) is 0 Å². The minimum absolute atomic E-state index is 0.114. The summed E-state index contributed by atoms with van der Waals surface area (Å²) in [6.45, 7) is 10.6. The number of thioether (sulfide) groups is 1. The van der Waals surface area contributed by atoms with Crippen molar-refractivity contribution in [3.8, 4) is 0 Å². The first kappa shape index (κ1) is 15.4. The Morgan fingerprint density at radius 2 is 2.00 bits per heavy atom. The van der Waals surface area contributed by atoms with E-state index < -0.39 is 0 Å². The van der Waals surface area contributed by atoms with E-state index in [-0.39, 0.29) is 5.54 Å². The molecular formula is C16H25N3S. The number of fused-ring (bicyclic) bond motifs is 1. The summed E-state index contributed by atoms with van der Waals surface area (Å²) >= 11 is 1.96. The summed E-state index contributed by atoms with van der Waals surface area (Å²) in [5, 5.41) is 9.60. The van der Waals surface area contributed by atoms with Gasteiger partial charge in [0.05, 0.1) is 17.8 Å². The minimum Gasteiger partial charge on any atom is -0.306 e. The largest absolute Gasteiger partial charge is 0.306 e. The standard InChI is InChI=1S/C16H25N3S/c1-5-20-11-10-19-15-9-7-6-8-13(15)14(18-19)12-17-16(2,3)4/h6-9,17H,5,10-12H2,1-4H3. The zero-order chi connectivity index (χ0) is 14.6. The van der Waals surface area contributed by atoms with Crippen molar-refractivity contribution in [2.24, 2.45) is 0 Å². The first-order chi connectivity index (χ1) is 9.51. The summed E-state index contributed by atoms with van der Waals surface area (Å²) in [6, 6.07) is 8.52. The molecule has 0 spiro atoms. The number of aromatic nitrogens is 2. The molecule has 0 fully saturated rings. The number of nitrogens with one attached hydrogen (secondary N) is 1. The van der Waals surface area contributed by atoms with E-state index in [1.165, 1.54) is 10.9 Å². The van der Waals surface area contributed by atoms with Gasteiger partial charge in [-0.2, -0.15) is 16.9 Å². The van der Waals surface area contributed by atoms with Crippen molar-refractivity contribution >= 4 is 22.7 Å². The number of hydrogen-bond acceptors (Lipinski definition) is 3. The van der Waals surface area contributed by atoms with Gasteiger partial charge in [0.25, 0.3) is 0 Å². The molecular weight excluding hydrogens is 266 g/mol. The Morgan fingerprint density at radius 3 is 2.70 bits per heavy atom. The van der Waals surface area contributed by atoms with Gasteiger partial charge >= 0.3 is 0 Å². The van der Waals surface area contributed by atoms with Gasteiger partial charge < -0.3 is 5.32 Å². The average Bonchev–Trinajstić information content (AvgIpc) is 2.75. The van der Waals surface area contributed by atoms with Gasteiger partial charge in [-0.3, -0.25) is 4.68 Å². The van der Waals surface area contributed by atoms with Crippen LogP contribution in [0.3, 0.4) is 0 Å². The Kier molecular flexibility index (Phi) is 5.11. The molecule has 0 saturated carbocycles. The second-order valence-corrected chi connectivity index (χ2v) is 7.38. The highest BCUT2D eigenvalue weighted by molar-refractivity contribution is 7.99. The van der Waals surface area contributed by atoms with Gasteiger partial charge in [-0.15, -0.1) is 0 Å². The summed E-state index contributed by atoms with van der Waals surface area (Å²) < 4.78 is 2.15. The van der Waals surface area contributed by atoms with Crippen LogP contribution in [0.4, 0.5) is 0 Å². The van der Waals surface area contributed by atoms with Crippen LogP contribution in [0, 0.1) is 0 Å². The number of nitrogens with zero attached hydrogens (tertiary/aromatic N) is 2. The lowest BCUT2D eigenvalue weighted by Gasteiger charge is -2.19. The Hall–Kier alpha value is -1.00. The molecule has 1 aromatic carbocycles. The first-order valence-corrected chi connectivity index (χ1v) is 8.44. The number of hydrogen-bond donors (Lipinski definition) is 1. The van der Waals surface area contributed by atoms with Crippen LogP contribution in [0.25, 0.3) is 10.9 Å². The van der Waals surface area contributed by atoms with E-state index in [9.17, 15) is 0 Å². The molecule has 1 aromatic heterocycles. The van der Waals surface area contributed by atoms with Crippen molar-refractivity contribution in [2.45, 2.75) is 46.3 Å². The van der Waals surface area contributed by atoms with Crippen LogP contribution in [0.2, 0.25) is 0 Å². The molecule has 1 heterocycles. The smallest absolute Gasteiger partial charge is 0.0841 e. The van der Waals surface area contributed by atoms with Crippen molar-refractivity contribution in [1.29, 1.82) is 0 Å². The van der Waals surface area contributed by atoms with Gasteiger partial charge in [-0.1, -0.05) is 25.1 Å². The summed E-state index contributed by atoms with van der Waals surface area (Å²) in [4.78, 5) is 0. The molecule has 110 valence electrons. The van der Waals surface area contributed by atoms with Crippen molar-refractivity contribution in [1.82, 2.24) is 15.1 Å². The Bertz CT molecular complexity index is 554. The van der Waals surface area contributed by atoms with Crippen LogP contribution in [-0.4, -0.2) is 26.8 Å². The number of para-hydroxylation sites is 1. The summed E-state index contributed by atoms with van der Waals surface area (Å²) in [7, 11) is 0. The quantitative estimate of drug-likeness (QED) is 0.823. The molecule has 0 radical (unpaired) electrons. The van der Waals surface area contributed by atoms with Crippen LogP contribution in [-0.2, 0) is 13.1 Å². The maximum atomic E-state index is 4.81. The number of rotatable bonds is 6. The first-order valence-electron chi connectivity index (χ1n) is 7.28. The molecule has 4 heteroatoms. The van der Waals surface area contributed by atoms with Crippen LogP contribution in [0.5, 0.6) is 0 Å². The predicted octanol–water partition coefficient (Wildman–Crippen LogP) is 3.68. The second kappa shape index (κ2) is 6.64. The highest BCUT2D eigenvalue weighted by atomic mass is 32.2. The van der Waals surface area contributed by atoms with Gasteiger partial charge in [0.1, 0.15) is 0 Å². The van der Waals surface area contributed by atoms with E-state index >= 15 is 0 Å². The van der Waals surface area contributed by atoms with Crippen molar-refractivity contribution < 1.29 is 0 Å². The molecule has 0 amide bonds. The lowest BCUT2D eigenvalue weighted by molar-refractivity contribution is 0.420. The number of aryl methyl sites for hydroxylation is 1. The lowest BCUT2D eigenvalue weighted by atomic mass is 10.1. The van der Waals surface area contributed by atoms with Crippen LogP contribution in [0.1, 0.15) is 33.4 Å². The molecule has 0 unspecified atom stereocenters. The predicted molar refractivity (Wildman–Crippen MR) is 89.3 cm³/mol. The Balaban J connectivity index is 2.21. The number of benzene rings is 1. The van der Waals surface area contributed by atoms with E-state index in [1.807, 2.05) is 11.8 Å². The molecule has 2 rings (SSSR count). The van der Waals surface area contributed by atoms with E-state index in [0.29, 0.717) is 0 Å². The van der Waals surface area contributed by atoms with Crippen molar-refractivity contribution in [3.05, 3.63) is 30.0 Å². The molecule has 1 N–H and O–H groups in total. The molecule has 0 aliphatic heterocycles. The topological polar surface area (TPSA) is 29.9 Å². The van der Waals surface area contributed by atoms with Gasteiger partial charge in [-0.25, -0.2) is 0 Å². The highest BCUT2D eigenvalue weighted by Crippen LogP contribution is 2.19. The normalized spacial score (nSPS) is 12.2. The highest BCUT2D eigenvalue weighted by Gasteiger charge is 2.13. The Labute approximate surface area is 126 Å². The third-order valence-corrected chi connectivity index (χ3v) is 4.05. The van der Waals surface area contributed by atoms with Crippen LogP contribution in [0.15, 0.2) is 24.3 Å². The molecule has 0 aliphatic rings. The monoisotopic (exact) mass is 291 g/mol. The lowest BCUT2D eigenvalue weighted by Crippen LogP contribution is -2.35. The molecule has 0 atom stereocenters. The van der Waals surface area contributed by atoms with E-state index in [2.05, 4.69) is 62.0 Å². The van der Waals surface area contributed by atoms with Gasteiger partial charge in [0, 0.05) is 23.2 Å². The molecule has 0 saturated heterocycles. The molecule has 0 bridgehead atoms. The molecule has 20 heavy (non-hydrogen) atoms. The maximum Gasteiger partial charge on any atom is 0.0841 e. The zero-order valence-electron chi connectivity index (χ0n) is 12.9. The van der Waals surface area contributed by atoms with E-state index in [1.54, 1.807) is 0 Å². The minimum atomic E-state index is 0.114. The van der Waals surface area contributed by atoms with Gasteiger partial charge in [0.2, 0.25) is 0 Å². The SMILES string of the molecule is CCSCCn1nc(CNC(C)(C)C)c2ccccc21. The van der Waals surface area contributed by atoms with E-state index in [0.717, 1.165) is 30.3 Å². The average molecular weight is 291 g/mol. The molecule has 3 nitrogen and oxygen atoms in total. The van der Waals surface area contributed by atoms with Gasteiger partial charge in [-0.05, 0) is 32.6 Å². The van der Waals surface area contributed by atoms with E-state index in [4.69, 9.17) is 5.10 Å². The fourth-order valence-corrected chi connectivity index (χ4v) is 2.73. The molecule has 0 aliphatic carbocycles. The summed E-state index contributed by atoms with van der Waals surface area (Å²) in [5.41, 5.74) is 2.51. The third kappa shape index (κ3) is 4.00. The van der Waals surface area contributed by atoms with Crippen LogP contribution < -0.4 is 5.32 Å². The molecule has 2 aromatic rings. The fraction of sp³-hybridized carbons (Fsp3) is 0.562. The second-order valence-electron chi connectivity index (χ2n) is 5.99. The zero-order valence-corrected chi connectivity index (χ0v) is 13.8. The summed E-state index contributed by atoms with van der Waals surface area (Å²) in [5.74, 6) is 2.28. The fourth-order valence-electron chi connectivity index (χ4n) is 2.14. The third-order valence-electron chi connectivity index (χ3n) is 3.17. The van der Waals surface area contributed by atoms with Crippen molar-refractivity contribution in [2.75, 3.05) is 11.5 Å². The van der Waals surface area contributed by atoms with Crippen LogP contribution >= 0.6 is 11.8 Å². The van der Waals surface area contributed by atoms with Gasteiger partial charge in [0.15, 0.2) is 0 Å². The maximum absolute atomic E-state index is 4.81. The Morgan fingerprint density at radius 1 is 1.25 bits per heavy atom. The summed E-state index contributed by atoms with van der Waals surface area (Å²) in [6.07, 6.45) is 0.